The summed E-state index contributed by atoms with van der Waals surface area (Å²) in [5.41, 5.74) is -0.412. The molecule has 0 saturated carbocycles. The Kier molecular flexibility index (Phi) is 5.68. The monoisotopic (exact) mass is 427 g/mol. The van der Waals surface area contributed by atoms with Crippen molar-refractivity contribution in [1.29, 1.82) is 0 Å². The Morgan fingerprint density at radius 2 is 1.17 bits per heavy atom. The summed E-state index contributed by atoms with van der Waals surface area (Å²) in [6.07, 6.45) is -9.62. The molecule has 0 spiro atoms. The molecule has 0 N–H and O–H groups in total. The highest BCUT2D eigenvalue weighted by Crippen LogP contribution is 2.37. The minimum absolute atomic E-state index is 0.0165. The second-order valence-corrected chi connectivity index (χ2v) is 5.84. The number of benzene rings is 2. The third-order valence-corrected chi connectivity index (χ3v) is 3.83. The normalized spacial score (nSPS) is 11.8. The fourth-order valence-corrected chi connectivity index (χ4v) is 2.74. The zero-order valence-electron chi connectivity index (χ0n) is 14.8. The zero-order chi connectivity index (χ0) is 21.9. The van der Waals surface area contributed by atoms with Crippen molar-refractivity contribution in [3.8, 4) is 33.9 Å². The molecule has 10 heteroatoms. The Morgan fingerprint density at radius 3 is 1.70 bits per heavy atom. The molecule has 0 atom stereocenters. The van der Waals surface area contributed by atoms with E-state index < -0.39 is 24.2 Å². The molecule has 1 aromatic heterocycles. The van der Waals surface area contributed by atoms with E-state index in [9.17, 15) is 31.1 Å². The predicted molar refractivity (Wildman–Crippen MR) is 93.9 cm³/mol. The van der Waals surface area contributed by atoms with Crippen molar-refractivity contribution in [3.05, 3.63) is 66.4 Å². The van der Waals surface area contributed by atoms with E-state index in [0.717, 1.165) is 12.1 Å². The highest BCUT2D eigenvalue weighted by atomic mass is 19.4. The Bertz CT molecular complexity index is 1060. The summed E-state index contributed by atoms with van der Waals surface area (Å²) in [7, 11) is 0. The first-order valence-corrected chi connectivity index (χ1v) is 8.24. The smallest absolute Gasteiger partial charge is 0.405 e. The molecule has 3 rings (SSSR count). The second kappa shape index (κ2) is 8.05. The van der Waals surface area contributed by atoms with Crippen LogP contribution in [0.1, 0.15) is 10.5 Å². The number of para-hydroxylation sites is 2. The summed E-state index contributed by atoms with van der Waals surface area (Å²) >= 11 is 0. The standard InChI is InChI=1S/C20H11F6NO3/c21-19(22,23)29-17-7-3-1-5-13(17)12-9-10-15(27-16(12)11-28)14-6-2-4-8-18(14)30-20(24,25)26/h1-11H. The van der Waals surface area contributed by atoms with Crippen LogP contribution in [0.15, 0.2) is 60.7 Å². The molecule has 0 aliphatic heterocycles. The highest BCUT2D eigenvalue weighted by Gasteiger charge is 2.33. The topological polar surface area (TPSA) is 48.4 Å². The third kappa shape index (κ3) is 5.07. The van der Waals surface area contributed by atoms with Gasteiger partial charge in [-0.1, -0.05) is 30.3 Å². The van der Waals surface area contributed by atoms with Crippen LogP contribution in [0.25, 0.3) is 22.4 Å². The van der Waals surface area contributed by atoms with E-state index in [-0.39, 0.29) is 34.4 Å². The summed E-state index contributed by atoms with van der Waals surface area (Å²) < 4.78 is 83.9. The number of alkyl halides is 6. The number of hydrogen-bond donors (Lipinski definition) is 0. The van der Waals surface area contributed by atoms with Crippen LogP contribution in [0.2, 0.25) is 0 Å². The second-order valence-electron chi connectivity index (χ2n) is 5.84. The molecule has 0 aliphatic carbocycles. The van der Waals surface area contributed by atoms with E-state index in [1.165, 1.54) is 48.5 Å². The molecule has 4 nitrogen and oxygen atoms in total. The number of nitrogens with zero attached hydrogens (tertiary/aromatic N) is 1. The molecule has 0 amide bonds. The van der Waals surface area contributed by atoms with E-state index in [1.807, 2.05) is 0 Å². The van der Waals surface area contributed by atoms with Gasteiger partial charge in [-0.3, -0.25) is 4.79 Å². The van der Waals surface area contributed by atoms with Crippen molar-refractivity contribution in [2.24, 2.45) is 0 Å². The van der Waals surface area contributed by atoms with E-state index in [1.54, 1.807) is 0 Å². The fraction of sp³-hybridized carbons (Fsp3) is 0.100. The number of hydrogen-bond acceptors (Lipinski definition) is 4. The van der Waals surface area contributed by atoms with Gasteiger partial charge in [-0.15, -0.1) is 26.3 Å². The number of carbonyl (C=O) groups excluding carboxylic acids is 1. The van der Waals surface area contributed by atoms with Crippen LogP contribution in [-0.4, -0.2) is 24.0 Å². The van der Waals surface area contributed by atoms with Crippen molar-refractivity contribution in [3.63, 3.8) is 0 Å². The van der Waals surface area contributed by atoms with Crippen molar-refractivity contribution in [2.75, 3.05) is 0 Å². The van der Waals surface area contributed by atoms with Gasteiger partial charge in [0.1, 0.15) is 17.2 Å². The first-order chi connectivity index (χ1) is 14.1. The van der Waals surface area contributed by atoms with Gasteiger partial charge in [0.25, 0.3) is 0 Å². The highest BCUT2D eigenvalue weighted by molar-refractivity contribution is 5.88. The number of carbonyl (C=O) groups is 1. The Balaban J connectivity index is 2.08. The molecule has 0 radical (unpaired) electrons. The molecule has 156 valence electrons. The van der Waals surface area contributed by atoms with E-state index in [0.29, 0.717) is 0 Å². The number of aldehydes is 1. The van der Waals surface area contributed by atoms with Crippen molar-refractivity contribution >= 4 is 6.29 Å². The van der Waals surface area contributed by atoms with Crippen LogP contribution >= 0.6 is 0 Å². The Hall–Kier alpha value is -3.56. The van der Waals surface area contributed by atoms with Gasteiger partial charge in [-0.05, 0) is 30.3 Å². The molecule has 0 aliphatic rings. The van der Waals surface area contributed by atoms with Gasteiger partial charge in [0, 0.05) is 16.7 Å². The Labute approximate surface area is 165 Å². The number of pyridine rings is 1. The minimum Gasteiger partial charge on any atom is -0.405 e. The Morgan fingerprint density at radius 1 is 0.667 bits per heavy atom. The third-order valence-electron chi connectivity index (χ3n) is 3.83. The van der Waals surface area contributed by atoms with Gasteiger partial charge in [-0.2, -0.15) is 0 Å². The van der Waals surface area contributed by atoms with Crippen LogP contribution < -0.4 is 9.47 Å². The van der Waals surface area contributed by atoms with Gasteiger partial charge in [0.05, 0.1) is 5.69 Å². The van der Waals surface area contributed by atoms with Crippen LogP contribution in [0.3, 0.4) is 0 Å². The fourth-order valence-electron chi connectivity index (χ4n) is 2.74. The molecule has 3 aromatic rings. The summed E-state index contributed by atoms with van der Waals surface area (Å²) in [6.45, 7) is 0. The van der Waals surface area contributed by atoms with Crippen LogP contribution in [0.4, 0.5) is 26.3 Å². The summed E-state index contributed by atoms with van der Waals surface area (Å²) in [6, 6.07) is 12.8. The van der Waals surface area contributed by atoms with Gasteiger partial charge in [0.15, 0.2) is 6.29 Å². The molecule has 0 unspecified atom stereocenters. The summed E-state index contributed by atoms with van der Waals surface area (Å²) in [5.74, 6) is -1.09. The first kappa shape index (κ1) is 21.2. The van der Waals surface area contributed by atoms with Crippen molar-refractivity contribution in [2.45, 2.75) is 12.7 Å². The summed E-state index contributed by atoms with van der Waals surface area (Å²) in [4.78, 5) is 15.6. The van der Waals surface area contributed by atoms with Gasteiger partial charge in [0.2, 0.25) is 0 Å². The summed E-state index contributed by atoms with van der Waals surface area (Å²) in [5, 5.41) is 0. The maximum atomic E-state index is 12.7. The molecule has 2 aromatic carbocycles. The average Bonchev–Trinajstić information content (AvgIpc) is 2.66. The maximum Gasteiger partial charge on any atom is 0.573 e. The predicted octanol–water partition coefficient (Wildman–Crippen LogP) is 6.03. The molecular formula is C20H11F6NO3. The van der Waals surface area contributed by atoms with Crippen LogP contribution in [-0.2, 0) is 0 Å². The largest absolute Gasteiger partial charge is 0.573 e. The quantitative estimate of drug-likeness (QED) is 0.369. The van der Waals surface area contributed by atoms with Gasteiger partial charge in [-0.25, -0.2) is 4.98 Å². The maximum absolute atomic E-state index is 12.7. The van der Waals surface area contributed by atoms with Gasteiger partial charge >= 0.3 is 12.7 Å². The zero-order valence-corrected chi connectivity index (χ0v) is 14.8. The lowest BCUT2D eigenvalue weighted by Gasteiger charge is -2.16. The SMILES string of the molecule is O=Cc1nc(-c2ccccc2OC(F)(F)F)ccc1-c1ccccc1OC(F)(F)F. The number of aromatic nitrogens is 1. The molecule has 30 heavy (non-hydrogen) atoms. The molecular weight excluding hydrogens is 416 g/mol. The number of ether oxygens (including phenoxy) is 2. The van der Waals surface area contributed by atoms with Crippen LogP contribution in [0.5, 0.6) is 11.5 Å². The van der Waals surface area contributed by atoms with E-state index >= 15 is 0 Å². The molecule has 0 bridgehead atoms. The van der Waals surface area contributed by atoms with E-state index in [2.05, 4.69) is 14.5 Å². The van der Waals surface area contributed by atoms with E-state index in [4.69, 9.17) is 0 Å². The average molecular weight is 427 g/mol. The van der Waals surface area contributed by atoms with Crippen molar-refractivity contribution < 1.29 is 40.6 Å². The minimum atomic E-state index is -4.96. The van der Waals surface area contributed by atoms with Crippen LogP contribution in [0, 0.1) is 0 Å². The first-order valence-electron chi connectivity index (χ1n) is 8.24. The van der Waals surface area contributed by atoms with Gasteiger partial charge < -0.3 is 9.47 Å². The number of rotatable bonds is 5. The lowest BCUT2D eigenvalue weighted by molar-refractivity contribution is -0.275. The molecule has 0 fully saturated rings. The van der Waals surface area contributed by atoms with Crippen molar-refractivity contribution in [1.82, 2.24) is 4.98 Å². The molecule has 0 saturated heterocycles. The lowest BCUT2D eigenvalue weighted by atomic mass is 10.0. The lowest BCUT2D eigenvalue weighted by Crippen LogP contribution is -2.18. The number of halogens is 6. The molecule has 1 heterocycles.